The Morgan fingerprint density at radius 1 is 1.26 bits per heavy atom. The van der Waals surface area contributed by atoms with E-state index in [4.69, 9.17) is 10.2 Å². The smallest absolute Gasteiger partial charge is 0.326 e. The van der Waals surface area contributed by atoms with Crippen LogP contribution in [-0.4, -0.2) is 34.1 Å². The second kappa shape index (κ2) is 6.89. The Kier molecular flexibility index (Phi) is 5.50. The van der Waals surface area contributed by atoms with Gasteiger partial charge in [0.15, 0.2) is 0 Å². The SMILES string of the molecule is O=C(O)C[C@@H](NC(=O)Cc1cccc(Br)c1)C(=O)O. The minimum Gasteiger partial charge on any atom is -0.481 e. The van der Waals surface area contributed by atoms with Gasteiger partial charge < -0.3 is 15.5 Å². The number of nitrogens with one attached hydrogen (secondary N) is 1. The zero-order valence-corrected chi connectivity index (χ0v) is 11.4. The predicted octanol–water partition coefficient (Wildman–Crippen LogP) is 1.04. The van der Waals surface area contributed by atoms with Crippen molar-refractivity contribution in [3.63, 3.8) is 0 Å². The third-order valence-corrected chi connectivity index (χ3v) is 2.76. The average Bonchev–Trinajstić information content (AvgIpc) is 2.27. The number of amides is 1. The van der Waals surface area contributed by atoms with Gasteiger partial charge in [0.05, 0.1) is 12.8 Å². The van der Waals surface area contributed by atoms with Crippen LogP contribution in [0.25, 0.3) is 0 Å². The summed E-state index contributed by atoms with van der Waals surface area (Å²) in [7, 11) is 0. The molecule has 0 spiro atoms. The van der Waals surface area contributed by atoms with E-state index >= 15 is 0 Å². The zero-order valence-electron chi connectivity index (χ0n) is 9.80. The summed E-state index contributed by atoms with van der Waals surface area (Å²) < 4.78 is 0.804. The molecule has 0 fully saturated rings. The lowest BCUT2D eigenvalue weighted by molar-refractivity contribution is -0.147. The van der Waals surface area contributed by atoms with E-state index in [1.54, 1.807) is 24.3 Å². The van der Waals surface area contributed by atoms with E-state index in [-0.39, 0.29) is 6.42 Å². The third-order valence-electron chi connectivity index (χ3n) is 2.27. The van der Waals surface area contributed by atoms with Gasteiger partial charge in [0.2, 0.25) is 5.91 Å². The fourth-order valence-electron chi connectivity index (χ4n) is 1.45. The number of carboxylic acid groups (broad SMARTS) is 2. The molecular weight excluding hydrogens is 318 g/mol. The van der Waals surface area contributed by atoms with Crippen molar-refractivity contribution >= 4 is 33.8 Å². The van der Waals surface area contributed by atoms with Crippen LogP contribution in [0.4, 0.5) is 0 Å². The van der Waals surface area contributed by atoms with Gasteiger partial charge in [-0.25, -0.2) is 4.79 Å². The Morgan fingerprint density at radius 2 is 1.95 bits per heavy atom. The lowest BCUT2D eigenvalue weighted by atomic mass is 10.1. The quantitative estimate of drug-likeness (QED) is 0.723. The van der Waals surface area contributed by atoms with Crippen molar-refractivity contribution in [2.45, 2.75) is 18.9 Å². The molecule has 0 bridgehead atoms. The van der Waals surface area contributed by atoms with Gasteiger partial charge in [0.1, 0.15) is 6.04 Å². The molecule has 3 N–H and O–H groups in total. The van der Waals surface area contributed by atoms with Crippen LogP contribution in [0.2, 0.25) is 0 Å². The molecule has 1 rings (SSSR count). The van der Waals surface area contributed by atoms with Crippen molar-refractivity contribution in [1.29, 1.82) is 0 Å². The zero-order chi connectivity index (χ0) is 14.4. The lowest BCUT2D eigenvalue weighted by Crippen LogP contribution is -2.42. The van der Waals surface area contributed by atoms with Crippen molar-refractivity contribution in [2.75, 3.05) is 0 Å². The first-order chi connectivity index (χ1) is 8.88. The molecule has 6 nitrogen and oxygen atoms in total. The van der Waals surface area contributed by atoms with Crippen LogP contribution in [0.15, 0.2) is 28.7 Å². The maximum Gasteiger partial charge on any atom is 0.326 e. The molecule has 0 aliphatic carbocycles. The minimum atomic E-state index is -1.42. The van der Waals surface area contributed by atoms with Gasteiger partial charge in [-0.15, -0.1) is 0 Å². The number of rotatable bonds is 6. The first-order valence-corrected chi connectivity index (χ1v) is 6.16. The number of hydrogen-bond acceptors (Lipinski definition) is 3. The largest absolute Gasteiger partial charge is 0.481 e. The first kappa shape index (κ1) is 15.2. The molecule has 0 saturated carbocycles. The normalized spacial score (nSPS) is 11.6. The maximum atomic E-state index is 11.6. The van der Waals surface area contributed by atoms with Crippen molar-refractivity contribution < 1.29 is 24.6 Å². The number of carboxylic acids is 2. The molecule has 1 atom stereocenters. The Labute approximate surface area is 117 Å². The molecule has 1 aromatic carbocycles. The number of carbonyl (C=O) groups is 3. The molecule has 0 unspecified atom stereocenters. The van der Waals surface area contributed by atoms with E-state index in [1.165, 1.54) is 0 Å². The number of carbonyl (C=O) groups excluding carboxylic acids is 1. The summed E-state index contributed by atoms with van der Waals surface area (Å²) in [6.07, 6.45) is -0.664. The van der Waals surface area contributed by atoms with E-state index < -0.39 is 30.3 Å². The van der Waals surface area contributed by atoms with Crippen LogP contribution in [0.3, 0.4) is 0 Å². The summed E-state index contributed by atoms with van der Waals surface area (Å²) in [6, 6.07) is 5.58. The fourth-order valence-corrected chi connectivity index (χ4v) is 1.90. The molecule has 0 heterocycles. The molecule has 0 aromatic heterocycles. The van der Waals surface area contributed by atoms with Crippen molar-refractivity contribution in [2.24, 2.45) is 0 Å². The molecule has 1 amide bonds. The van der Waals surface area contributed by atoms with E-state index in [0.717, 1.165) is 4.47 Å². The van der Waals surface area contributed by atoms with Crippen LogP contribution in [0.5, 0.6) is 0 Å². The minimum absolute atomic E-state index is 0.0111. The van der Waals surface area contributed by atoms with Gasteiger partial charge in [-0.2, -0.15) is 0 Å². The number of hydrogen-bond donors (Lipinski definition) is 3. The average molecular weight is 330 g/mol. The molecule has 7 heteroatoms. The highest BCUT2D eigenvalue weighted by Crippen LogP contribution is 2.12. The molecule has 102 valence electrons. The molecule has 0 aliphatic rings. The monoisotopic (exact) mass is 329 g/mol. The van der Waals surface area contributed by atoms with Crippen LogP contribution in [-0.2, 0) is 20.8 Å². The standard InChI is InChI=1S/C12H12BrNO5/c13-8-3-1-2-7(4-8)5-10(15)14-9(12(18)19)6-11(16)17/h1-4,9H,5-6H2,(H,14,15)(H,16,17)(H,18,19)/t9-/m1/s1. The van der Waals surface area contributed by atoms with Gasteiger partial charge in [0, 0.05) is 4.47 Å². The maximum absolute atomic E-state index is 11.6. The van der Waals surface area contributed by atoms with E-state index in [0.29, 0.717) is 5.56 Å². The number of halogens is 1. The highest BCUT2D eigenvalue weighted by atomic mass is 79.9. The van der Waals surface area contributed by atoms with Crippen LogP contribution in [0.1, 0.15) is 12.0 Å². The summed E-state index contributed by atoms with van der Waals surface area (Å²) in [6.45, 7) is 0. The van der Waals surface area contributed by atoms with Crippen molar-refractivity contribution in [3.05, 3.63) is 34.3 Å². The van der Waals surface area contributed by atoms with E-state index in [1.807, 2.05) is 0 Å². The molecule has 0 radical (unpaired) electrons. The van der Waals surface area contributed by atoms with Crippen molar-refractivity contribution in [3.8, 4) is 0 Å². The topological polar surface area (TPSA) is 104 Å². The van der Waals surface area contributed by atoms with E-state index in [9.17, 15) is 14.4 Å². The highest BCUT2D eigenvalue weighted by molar-refractivity contribution is 9.10. The first-order valence-electron chi connectivity index (χ1n) is 5.37. The summed E-state index contributed by atoms with van der Waals surface area (Å²) in [5, 5.41) is 19.5. The summed E-state index contributed by atoms with van der Waals surface area (Å²) in [5.74, 6) is -3.19. The lowest BCUT2D eigenvalue weighted by Gasteiger charge is -2.12. The predicted molar refractivity (Wildman–Crippen MR) is 69.7 cm³/mol. The van der Waals surface area contributed by atoms with Gasteiger partial charge >= 0.3 is 11.9 Å². The van der Waals surface area contributed by atoms with Crippen LogP contribution < -0.4 is 5.32 Å². The molecule has 0 aliphatic heterocycles. The Bertz CT molecular complexity index is 503. The molecule has 19 heavy (non-hydrogen) atoms. The Morgan fingerprint density at radius 3 is 2.47 bits per heavy atom. The molecule has 1 aromatic rings. The number of benzene rings is 1. The Balaban J connectivity index is 2.62. The van der Waals surface area contributed by atoms with Gasteiger partial charge in [-0.05, 0) is 17.7 Å². The van der Waals surface area contributed by atoms with Crippen LogP contribution in [0, 0.1) is 0 Å². The summed E-state index contributed by atoms with van der Waals surface area (Å²) in [5.41, 5.74) is 0.700. The summed E-state index contributed by atoms with van der Waals surface area (Å²) in [4.78, 5) is 32.9. The molecular formula is C12H12BrNO5. The summed E-state index contributed by atoms with van der Waals surface area (Å²) >= 11 is 3.26. The van der Waals surface area contributed by atoms with Gasteiger partial charge in [0.25, 0.3) is 0 Å². The highest BCUT2D eigenvalue weighted by Gasteiger charge is 2.22. The van der Waals surface area contributed by atoms with Crippen molar-refractivity contribution in [1.82, 2.24) is 5.32 Å². The van der Waals surface area contributed by atoms with E-state index in [2.05, 4.69) is 21.2 Å². The third kappa shape index (κ3) is 5.52. The van der Waals surface area contributed by atoms with Crippen LogP contribution >= 0.6 is 15.9 Å². The van der Waals surface area contributed by atoms with Gasteiger partial charge in [-0.1, -0.05) is 28.1 Å². The van der Waals surface area contributed by atoms with Gasteiger partial charge in [-0.3, -0.25) is 9.59 Å². The molecule has 0 saturated heterocycles. The fraction of sp³-hybridized carbons (Fsp3) is 0.250. The number of aliphatic carboxylic acids is 2. The Hall–Kier alpha value is -1.89. The second-order valence-electron chi connectivity index (χ2n) is 3.86. The second-order valence-corrected chi connectivity index (χ2v) is 4.78.